The van der Waals surface area contributed by atoms with Crippen molar-refractivity contribution in [1.82, 2.24) is 5.32 Å². The molecule has 1 rings (SSSR count). The first-order valence-corrected chi connectivity index (χ1v) is 7.47. The van der Waals surface area contributed by atoms with E-state index in [4.69, 9.17) is 0 Å². The lowest BCUT2D eigenvalue weighted by Gasteiger charge is -2.19. The van der Waals surface area contributed by atoms with Gasteiger partial charge in [-0.25, -0.2) is 8.78 Å². The van der Waals surface area contributed by atoms with Gasteiger partial charge in [0.15, 0.2) is 0 Å². The maximum atomic E-state index is 13.3. The summed E-state index contributed by atoms with van der Waals surface area (Å²) in [6.07, 6.45) is 8.16. The van der Waals surface area contributed by atoms with Crippen LogP contribution in [0.25, 0.3) is 0 Å². The van der Waals surface area contributed by atoms with Crippen molar-refractivity contribution in [2.45, 2.75) is 51.5 Å². The third kappa shape index (κ3) is 6.29. The fourth-order valence-corrected chi connectivity index (χ4v) is 2.30. The second kappa shape index (κ2) is 9.65. The molecule has 0 aliphatic rings. The number of hydrogen-bond acceptors (Lipinski definition) is 1. The predicted octanol–water partition coefficient (Wildman–Crippen LogP) is 5.14. The second-order valence-corrected chi connectivity index (χ2v) is 5.14. The lowest BCUT2D eigenvalue weighted by atomic mass is 9.99. The molecule has 1 aromatic carbocycles. The van der Waals surface area contributed by atoms with Crippen LogP contribution in [0.4, 0.5) is 8.78 Å². The Kier molecular flexibility index (Phi) is 8.12. The number of benzene rings is 1. The van der Waals surface area contributed by atoms with E-state index in [9.17, 15) is 8.78 Å². The summed E-state index contributed by atoms with van der Waals surface area (Å²) < 4.78 is 26.6. The van der Waals surface area contributed by atoms with Crippen molar-refractivity contribution in [3.05, 3.63) is 48.1 Å². The second-order valence-electron chi connectivity index (χ2n) is 5.14. The highest BCUT2D eigenvalue weighted by molar-refractivity contribution is 5.21. The molecule has 0 amide bonds. The van der Waals surface area contributed by atoms with Gasteiger partial charge in [-0.05, 0) is 49.9 Å². The Morgan fingerprint density at radius 3 is 2.45 bits per heavy atom. The molecule has 0 heterocycles. The van der Waals surface area contributed by atoms with E-state index in [1.165, 1.54) is 12.1 Å². The van der Waals surface area contributed by atoms with E-state index in [0.29, 0.717) is 5.56 Å². The van der Waals surface area contributed by atoms with Gasteiger partial charge in [-0.3, -0.25) is 0 Å². The minimum atomic E-state index is -0.505. The van der Waals surface area contributed by atoms with Gasteiger partial charge in [-0.2, -0.15) is 0 Å². The summed E-state index contributed by atoms with van der Waals surface area (Å²) >= 11 is 0. The third-order valence-corrected chi connectivity index (χ3v) is 3.33. The summed E-state index contributed by atoms with van der Waals surface area (Å²) in [5.41, 5.74) is 0.708. The number of halogens is 2. The number of hydrogen-bond donors (Lipinski definition) is 1. The van der Waals surface area contributed by atoms with Crippen molar-refractivity contribution in [2.24, 2.45) is 0 Å². The van der Waals surface area contributed by atoms with Gasteiger partial charge in [-0.15, -0.1) is 6.58 Å². The Labute approximate surface area is 121 Å². The molecule has 0 saturated heterocycles. The van der Waals surface area contributed by atoms with Crippen LogP contribution in [0.5, 0.6) is 0 Å². The van der Waals surface area contributed by atoms with Gasteiger partial charge in [0.05, 0.1) is 0 Å². The molecule has 0 aromatic heterocycles. The fraction of sp³-hybridized carbons (Fsp3) is 0.529. The van der Waals surface area contributed by atoms with Crippen LogP contribution < -0.4 is 5.32 Å². The van der Waals surface area contributed by atoms with Gasteiger partial charge in [0.2, 0.25) is 0 Å². The van der Waals surface area contributed by atoms with E-state index in [0.717, 1.165) is 51.1 Å². The van der Waals surface area contributed by atoms with E-state index in [2.05, 4.69) is 18.8 Å². The Hall–Kier alpha value is -1.22. The molecule has 20 heavy (non-hydrogen) atoms. The first-order valence-electron chi connectivity index (χ1n) is 7.47. The minimum absolute atomic E-state index is 0.0314. The highest BCUT2D eigenvalue weighted by Crippen LogP contribution is 2.22. The quantitative estimate of drug-likeness (QED) is 0.462. The van der Waals surface area contributed by atoms with Crippen LogP contribution in [-0.2, 0) is 0 Å². The third-order valence-electron chi connectivity index (χ3n) is 3.33. The van der Waals surface area contributed by atoms with Gasteiger partial charge >= 0.3 is 0 Å². The molecule has 1 N–H and O–H groups in total. The Balaban J connectivity index is 2.60. The van der Waals surface area contributed by atoms with Crippen molar-refractivity contribution in [1.29, 1.82) is 0 Å². The summed E-state index contributed by atoms with van der Waals surface area (Å²) in [5.74, 6) is -1.01. The molecule has 112 valence electrons. The van der Waals surface area contributed by atoms with Crippen molar-refractivity contribution in [3.63, 3.8) is 0 Å². The zero-order chi connectivity index (χ0) is 14.8. The van der Waals surface area contributed by atoms with Crippen LogP contribution in [0.15, 0.2) is 30.9 Å². The molecular formula is C17H25F2N. The van der Waals surface area contributed by atoms with Crippen LogP contribution in [0.1, 0.15) is 57.1 Å². The summed E-state index contributed by atoms with van der Waals surface area (Å²) in [5, 5.41) is 3.38. The highest BCUT2D eigenvalue weighted by Gasteiger charge is 2.12. The topological polar surface area (TPSA) is 12.0 Å². The number of rotatable bonds is 10. The molecule has 0 fully saturated rings. The molecule has 0 spiro atoms. The van der Waals surface area contributed by atoms with Crippen molar-refractivity contribution >= 4 is 0 Å². The largest absolute Gasteiger partial charge is 0.310 e. The lowest BCUT2D eigenvalue weighted by Crippen LogP contribution is -2.22. The molecule has 0 saturated carbocycles. The van der Waals surface area contributed by atoms with E-state index < -0.39 is 11.6 Å². The average Bonchev–Trinajstić information content (AvgIpc) is 2.40. The zero-order valence-corrected chi connectivity index (χ0v) is 12.3. The molecule has 1 aromatic rings. The molecule has 0 aliphatic heterocycles. The van der Waals surface area contributed by atoms with Crippen LogP contribution in [0.3, 0.4) is 0 Å². The zero-order valence-electron chi connectivity index (χ0n) is 12.3. The SMILES string of the molecule is C=CCCCCCC(NCCC)c1cc(F)cc(F)c1. The van der Waals surface area contributed by atoms with Crippen LogP contribution in [-0.4, -0.2) is 6.54 Å². The lowest BCUT2D eigenvalue weighted by molar-refractivity contribution is 0.466. The van der Waals surface area contributed by atoms with Gasteiger partial charge in [0.1, 0.15) is 11.6 Å². The molecule has 0 bridgehead atoms. The first-order chi connectivity index (χ1) is 9.67. The van der Waals surface area contributed by atoms with Gasteiger partial charge in [0, 0.05) is 12.1 Å². The van der Waals surface area contributed by atoms with Crippen molar-refractivity contribution in [3.8, 4) is 0 Å². The van der Waals surface area contributed by atoms with E-state index >= 15 is 0 Å². The van der Waals surface area contributed by atoms with Gasteiger partial charge in [-0.1, -0.05) is 25.8 Å². The van der Waals surface area contributed by atoms with Crippen LogP contribution in [0, 0.1) is 11.6 Å². The van der Waals surface area contributed by atoms with Gasteiger partial charge < -0.3 is 5.32 Å². The van der Waals surface area contributed by atoms with Crippen molar-refractivity contribution in [2.75, 3.05) is 6.54 Å². The molecule has 0 aliphatic carbocycles. The Morgan fingerprint density at radius 1 is 1.15 bits per heavy atom. The summed E-state index contributed by atoms with van der Waals surface area (Å²) in [7, 11) is 0. The monoisotopic (exact) mass is 281 g/mol. The normalized spacial score (nSPS) is 12.3. The van der Waals surface area contributed by atoms with E-state index in [-0.39, 0.29) is 6.04 Å². The summed E-state index contributed by atoms with van der Waals surface area (Å²) in [6, 6.07) is 3.81. The molecule has 1 nitrogen and oxygen atoms in total. The standard InChI is InChI=1S/C17H25F2N/c1-3-5-6-7-8-9-17(20-10-4-2)14-11-15(18)13-16(19)12-14/h3,11-13,17,20H,1,4-10H2,2H3. The molecule has 0 radical (unpaired) electrons. The molecule has 1 atom stereocenters. The molecular weight excluding hydrogens is 256 g/mol. The van der Waals surface area contributed by atoms with E-state index in [1.807, 2.05) is 6.08 Å². The molecule has 1 unspecified atom stereocenters. The van der Waals surface area contributed by atoms with E-state index in [1.54, 1.807) is 0 Å². The maximum Gasteiger partial charge on any atom is 0.126 e. The molecule has 3 heteroatoms. The summed E-state index contributed by atoms with van der Waals surface area (Å²) in [4.78, 5) is 0. The highest BCUT2D eigenvalue weighted by atomic mass is 19.1. The number of unbranched alkanes of at least 4 members (excludes halogenated alkanes) is 3. The van der Waals surface area contributed by atoms with Crippen LogP contribution >= 0.6 is 0 Å². The maximum absolute atomic E-state index is 13.3. The smallest absolute Gasteiger partial charge is 0.126 e. The van der Waals surface area contributed by atoms with Crippen LogP contribution in [0.2, 0.25) is 0 Å². The van der Waals surface area contributed by atoms with Crippen molar-refractivity contribution < 1.29 is 8.78 Å². The minimum Gasteiger partial charge on any atom is -0.310 e. The number of nitrogens with one attached hydrogen (secondary N) is 1. The first kappa shape index (κ1) is 16.8. The van der Waals surface area contributed by atoms with Gasteiger partial charge in [0.25, 0.3) is 0 Å². The summed E-state index contributed by atoms with van der Waals surface area (Å²) in [6.45, 7) is 6.65. The Bertz CT molecular complexity index is 384. The number of allylic oxidation sites excluding steroid dienone is 1. The average molecular weight is 281 g/mol. The Morgan fingerprint density at radius 2 is 1.85 bits per heavy atom. The predicted molar refractivity (Wildman–Crippen MR) is 80.7 cm³/mol. The fourth-order valence-electron chi connectivity index (χ4n) is 2.30.